The fourth-order valence-electron chi connectivity index (χ4n) is 4.75. The molecule has 0 amide bonds. The number of fused-ring (bicyclic) bond motifs is 1. The quantitative estimate of drug-likeness (QED) is 0.314. The Labute approximate surface area is 225 Å². The molecule has 0 saturated heterocycles. The number of nitrogens with zero attached hydrogens (tertiary/aromatic N) is 3. The summed E-state index contributed by atoms with van der Waals surface area (Å²) < 4.78 is 34.6. The molecule has 0 spiro atoms. The van der Waals surface area contributed by atoms with E-state index in [2.05, 4.69) is 15.0 Å². The van der Waals surface area contributed by atoms with Crippen LogP contribution in [-0.2, 0) is 12.8 Å². The first kappa shape index (κ1) is 26.2. The van der Waals surface area contributed by atoms with E-state index in [0.717, 1.165) is 29.2 Å². The Balaban J connectivity index is 1.55. The normalized spacial score (nSPS) is 13.7. The van der Waals surface area contributed by atoms with Crippen molar-refractivity contribution in [2.75, 3.05) is 7.11 Å². The summed E-state index contributed by atoms with van der Waals surface area (Å²) in [7, 11) is 1.40. The van der Waals surface area contributed by atoms with Crippen molar-refractivity contribution in [1.29, 1.82) is 0 Å². The zero-order valence-electron chi connectivity index (χ0n) is 22.0. The van der Waals surface area contributed by atoms with Gasteiger partial charge in [0.15, 0.2) is 11.6 Å². The largest absolute Gasteiger partial charge is 0.496 e. The van der Waals surface area contributed by atoms with Gasteiger partial charge in [0, 0.05) is 31.4 Å². The van der Waals surface area contributed by atoms with Crippen molar-refractivity contribution in [3.63, 3.8) is 0 Å². The molecule has 1 aliphatic rings. The lowest BCUT2D eigenvalue weighted by Gasteiger charge is -2.15. The summed E-state index contributed by atoms with van der Waals surface area (Å²) in [5.74, 6) is -1.40. The number of halogens is 2. The van der Waals surface area contributed by atoms with Gasteiger partial charge in [-0.05, 0) is 52.8 Å². The van der Waals surface area contributed by atoms with Crippen LogP contribution in [0, 0.1) is 17.6 Å². The average molecular weight is 527 g/mol. The van der Waals surface area contributed by atoms with Crippen LogP contribution in [0.2, 0.25) is 0 Å². The zero-order valence-corrected chi connectivity index (χ0v) is 22.0. The average Bonchev–Trinajstić information content (AvgIpc) is 3.15. The first-order valence-corrected chi connectivity index (χ1v) is 12.8. The Kier molecular flexibility index (Phi) is 7.45. The molecule has 1 atom stereocenters. The second-order valence-corrected chi connectivity index (χ2v) is 9.54. The van der Waals surface area contributed by atoms with Crippen LogP contribution in [0.15, 0.2) is 76.9 Å². The highest BCUT2D eigenvalue weighted by molar-refractivity contribution is 6.04. The van der Waals surface area contributed by atoms with Crippen molar-refractivity contribution in [1.82, 2.24) is 15.0 Å². The van der Waals surface area contributed by atoms with Gasteiger partial charge in [0.25, 0.3) is 5.56 Å². The number of pyridine rings is 1. The number of hydrogen-bond acceptors (Lipinski definition) is 5. The molecule has 4 aromatic rings. The lowest BCUT2D eigenvalue weighted by Crippen LogP contribution is -2.27. The standard InChI is InChI=1S/C31H28F2N4O2/c1-4-18(2)30-28-24(15-22(17-35-30)27-25(39-3)12-11-23(32)29(27)33)36-26(37-31(28)38)14-19-7-9-20(10-8-19)21-6-5-13-34-16-21/h5-13,16-18H,4,14-15H2,1-3H3,(H,36,37,38). The van der Waals surface area contributed by atoms with Crippen LogP contribution >= 0.6 is 0 Å². The van der Waals surface area contributed by atoms with Crippen molar-refractivity contribution in [2.45, 2.75) is 33.1 Å². The molecular weight excluding hydrogens is 498 g/mol. The molecule has 39 heavy (non-hydrogen) atoms. The number of benzene rings is 2. The van der Waals surface area contributed by atoms with Crippen molar-refractivity contribution >= 4 is 11.3 Å². The van der Waals surface area contributed by atoms with Gasteiger partial charge in [0.2, 0.25) is 0 Å². The SMILES string of the molecule is CCC(C)C1=NC=C(c2c(OC)ccc(F)c2F)Cc2nc(Cc3ccc(-c4cccnc4)cc3)[nH]c(=O)c21. The van der Waals surface area contributed by atoms with Crippen LogP contribution in [0.5, 0.6) is 5.75 Å². The third-order valence-electron chi connectivity index (χ3n) is 7.01. The summed E-state index contributed by atoms with van der Waals surface area (Å²) in [6, 6.07) is 14.3. The van der Waals surface area contributed by atoms with E-state index in [9.17, 15) is 9.18 Å². The fraction of sp³-hybridized carbons (Fsp3) is 0.226. The predicted molar refractivity (Wildman–Crippen MR) is 148 cm³/mol. The molecule has 0 bridgehead atoms. The van der Waals surface area contributed by atoms with E-state index >= 15 is 4.39 Å². The Hall–Kier alpha value is -4.46. The molecule has 198 valence electrons. The van der Waals surface area contributed by atoms with Crippen LogP contribution in [0.3, 0.4) is 0 Å². The van der Waals surface area contributed by atoms with Gasteiger partial charge in [-0.25, -0.2) is 13.8 Å². The maximum Gasteiger partial charge on any atom is 0.260 e. The lowest BCUT2D eigenvalue weighted by atomic mass is 9.93. The molecule has 2 aromatic carbocycles. The van der Waals surface area contributed by atoms with Crippen LogP contribution in [0.4, 0.5) is 8.78 Å². The highest BCUT2D eigenvalue weighted by Crippen LogP contribution is 2.34. The Morgan fingerprint density at radius 3 is 2.54 bits per heavy atom. The predicted octanol–water partition coefficient (Wildman–Crippen LogP) is 6.14. The summed E-state index contributed by atoms with van der Waals surface area (Å²) in [6.07, 6.45) is 6.26. The van der Waals surface area contributed by atoms with E-state index in [-0.39, 0.29) is 29.2 Å². The fourth-order valence-corrected chi connectivity index (χ4v) is 4.75. The summed E-state index contributed by atoms with van der Waals surface area (Å²) in [5.41, 5.74) is 4.48. The minimum atomic E-state index is -1.02. The van der Waals surface area contributed by atoms with Gasteiger partial charge in [-0.3, -0.25) is 14.8 Å². The van der Waals surface area contributed by atoms with E-state index in [1.165, 1.54) is 19.4 Å². The van der Waals surface area contributed by atoms with Crippen LogP contribution in [0.1, 0.15) is 48.5 Å². The number of ether oxygens (including phenoxy) is 1. The summed E-state index contributed by atoms with van der Waals surface area (Å²) in [6.45, 7) is 3.98. The van der Waals surface area contributed by atoms with Gasteiger partial charge in [-0.1, -0.05) is 44.2 Å². The molecule has 6 nitrogen and oxygen atoms in total. The van der Waals surface area contributed by atoms with E-state index in [1.54, 1.807) is 12.4 Å². The molecular formula is C31H28F2N4O2. The van der Waals surface area contributed by atoms with Crippen molar-refractivity contribution in [3.05, 3.63) is 117 Å². The van der Waals surface area contributed by atoms with E-state index in [4.69, 9.17) is 9.72 Å². The number of methoxy groups -OCH3 is 1. The van der Waals surface area contributed by atoms with Gasteiger partial charge >= 0.3 is 0 Å². The molecule has 1 N–H and O–H groups in total. The molecule has 0 radical (unpaired) electrons. The molecule has 0 aliphatic carbocycles. The monoisotopic (exact) mass is 526 g/mol. The van der Waals surface area contributed by atoms with Crippen LogP contribution in [-0.4, -0.2) is 27.8 Å². The van der Waals surface area contributed by atoms with E-state index < -0.39 is 11.6 Å². The number of nitrogens with one attached hydrogen (secondary N) is 1. The van der Waals surface area contributed by atoms with Gasteiger partial charge in [0.1, 0.15) is 11.6 Å². The number of allylic oxidation sites excluding steroid dienone is 1. The molecule has 1 aliphatic heterocycles. The highest BCUT2D eigenvalue weighted by atomic mass is 19.2. The number of aliphatic imine (C=N–C) groups is 1. The maximum atomic E-state index is 15.0. The Bertz CT molecular complexity index is 1630. The van der Waals surface area contributed by atoms with E-state index in [1.807, 2.05) is 50.2 Å². The Morgan fingerprint density at radius 1 is 1.05 bits per heavy atom. The number of aromatic amines is 1. The van der Waals surface area contributed by atoms with Gasteiger partial charge < -0.3 is 9.72 Å². The second kappa shape index (κ2) is 11.1. The summed E-state index contributed by atoms with van der Waals surface area (Å²) >= 11 is 0. The minimum Gasteiger partial charge on any atom is -0.496 e. The first-order valence-electron chi connectivity index (χ1n) is 12.8. The van der Waals surface area contributed by atoms with Crippen molar-refractivity contribution in [2.24, 2.45) is 10.9 Å². The minimum absolute atomic E-state index is 0.0211. The molecule has 8 heteroatoms. The molecule has 1 unspecified atom stereocenters. The lowest BCUT2D eigenvalue weighted by molar-refractivity contribution is 0.404. The number of rotatable bonds is 7. The zero-order chi connectivity index (χ0) is 27.5. The molecule has 2 aromatic heterocycles. The summed E-state index contributed by atoms with van der Waals surface area (Å²) in [5, 5.41) is 0. The van der Waals surface area contributed by atoms with Crippen molar-refractivity contribution < 1.29 is 13.5 Å². The van der Waals surface area contributed by atoms with Gasteiger partial charge in [-0.2, -0.15) is 0 Å². The molecule has 0 saturated carbocycles. The molecule has 3 heterocycles. The topological polar surface area (TPSA) is 80.2 Å². The Morgan fingerprint density at radius 2 is 1.85 bits per heavy atom. The highest BCUT2D eigenvalue weighted by Gasteiger charge is 2.27. The van der Waals surface area contributed by atoms with Gasteiger partial charge in [-0.15, -0.1) is 0 Å². The van der Waals surface area contributed by atoms with Crippen LogP contribution < -0.4 is 10.3 Å². The second-order valence-electron chi connectivity index (χ2n) is 9.54. The van der Waals surface area contributed by atoms with E-state index in [0.29, 0.717) is 34.8 Å². The maximum absolute atomic E-state index is 15.0. The third kappa shape index (κ3) is 5.27. The van der Waals surface area contributed by atoms with Crippen molar-refractivity contribution in [3.8, 4) is 16.9 Å². The smallest absolute Gasteiger partial charge is 0.260 e. The van der Waals surface area contributed by atoms with Crippen LogP contribution in [0.25, 0.3) is 16.7 Å². The molecule has 5 rings (SSSR count). The number of aromatic nitrogens is 3. The number of H-pyrrole nitrogens is 1. The third-order valence-corrected chi connectivity index (χ3v) is 7.01. The first-order chi connectivity index (χ1) is 18.9. The summed E-state index contributed by atoms with van der Waals surface area (Å²) in [4.78, 5) is 29.9. The van der Waals surface area contributed by atoms with Gasteiger partial charge in [0.05, 0.1) is 29.6 Å². The number of hydrogen-bond donors (Lipinski definition) is 1. The molecule has 0 fully saturated rings.